The van der Waals surface area contributed by atoms with Crippen LogP contribution >= 0.6 is 0 Å². The van der Waals surface area contributed by atoms with Crippen molar-refractivity contribution >= 4 is 82.1 Å². The van der Waals surface area contributed by atoms with Crippen molar-refractivity contribution in [3.05, 3.63) is 381 Å². The highest BCUT2D eigenvalue weighted by Crippen LogP contribution is 2.43. The zero-order valence-electron chi connectivity index (χ0n) is 58.3. The van der Waals surface area contributed by atoms with Crippen LogP contribution in [0.15, 0.2) is 373 Å². The van der Waals surface area contributed by atoms with Crippen LogP contribution in [0.1, 0.15) is 23.6 Å². The molecule has 19 aromatic rings. The number of fused-ring (bicyclic) bond motifs is 8. The maximum atomic E-state index is 6.64. The van der Waals surface area contributed by atoms with Crippen LogP contribution in [-0.2, 0) is 0 Å². The molecule has 0 aliphatic carbocycles. The van der Waals surface area contributed by atoms with Crippen molar-refractivity contribution in [2.75, 3.05) is 0 Å². The van der Waals surface area contributed by atoms with Crippen molar-refractivity contribution in [1.29, 1.82) is 0 Å². The zero-order valence-corrected chi connectivity index (χ0v) is 58.3. The van der Waals surface area contributed by atoms with Crippen LogP contribution in [0.2, 0.25) is 0 Å². The number of para-hydroxylation sites is 4. The molecule has 502 valence electrons. The first kappa shape index (κ1) is 63.6. The quantitative estimate of drug-likeness (QED) is 0.0739. The maximum Gasteiger partial charge on any atom is 0.167 e. The second kappa shape index (κ2) is 27.1. The maximum absolute atomic E-state index is 6.64. The van der Waals surface area contributed by atoms with E-state index in [4.69, 9.17) is 38.7 Å². The second-order valence-electron chi connectivity index (χ2n) is 26.9. The molecule has 0 saturated carbocycles. The third kappa shape index (κ3) is 11.8. The standard InChI is InChI=1S/C99H64N6O2/c1-3-74(82-59-58-77(80-34-15-16-35-81(80)82)68-50-54-71(55-51-68)95-100-94(69-28-11-6-12-29-69)102-98(103-95)87-40-22-38-85-83-36-17-19-42-90(83)106-92(85)87)89(66-26-9-5-10-27-66)60-62(2)72-30-21-31-73(61-72)97-101-96(104-99(105-97)88-41-23-39-86-84-37-18-20-43-91(84)107-93(86)88)70-52-46-64(47-53-70)63-44-48-67(49-45-63)76-57-56-75(65-24-7-4-8-25-65)78-32-13-14-33-79(76)78/h3-61H,1H2,2H3/b62-60+,89-74-. The van der Waals surface area contributed by atoms with Crippen LogP contribution in [0.4, 0.5) is 0 Å². The molecule has 4 aromatic heterocycles. The molecule has 0 spiro atoms. The molecule has 0 saturated heterocycles. The Morgan fingerprint density at radius 2 is 0.589 bits per heavy atom. The number of furan rings is 2. The van der Waals surface area contributed by atoms with Crippen molar-refractivity contribution in [3.8, 4) is 113 Å². The molecule has 0 aliphatic rings. The van der Waals surface area contributed by atoms with E-state index in [1.165, 1.54) is 27.5 Å². The molecule has 0 atom stereocenters. The molecule has 0 aliphatic heterocycles. The van der Waals surface area contributed by atoms with E-state index >= 15 is 0 Å². The number of nitrogens with zero attached hydrogens (tertiary/aromatic N) is 6. The predicted molar refractivity (Wildman–Crippen MR) is 441 cm³/mol. The summed E-state index contributed by atoms with van der Waals surface area (Å²) in [6, 6.07) is 121. The van der Waals surface area contributed by atoms with E-state index in [-0.39, 0.29) is 0 Å². The first-order chi connectivity index (χ1) is 52.9. The normalized spacial score (nSPS) is 12.0. The van der Waals surface area contributed by atoms with Gasteiger partial charge in [-0.2, -0.15) is 0 Å². The van der Waals surface area contributed by atoms with Crippen LogP contribution in [0.5, 0.6) is 0 Å². The Labute approximate surface area is 618 Å². The number of allylic oxidation sites excluding steroid dienone is 5. The van der Waals surface area contributed by atoms with E-state index in [2.05, 4.69) is 274 Å². The van der Waals surface area contributed by atoms with Gasteiger partial charge in [-0.3, -0.25) is 0 Å². The predicted octanol–water partition coefficient (Wildman–Crippen LogP) is 26.0. The number of hydrogen-bond donors (Lipinski definition) is 0. The average molecular weight is 1370 g/mol. The number of rotatable bonds is 15. The Morgan fingerprint density at radius 3 is 1.08 bits per heavy atom. The van der Waals surface area contributed by atoms with Gasteiger partial charge in [0.05, 0.1) is 11.1 Å². The SMILES string of the molecule is C=C/C(=C(\C=C(/C)c1cccc(-c2nc(-c3ccc(-c4ccc(-c5ccc(-c6ccccc6)c6ccccc56)cc4)cc3)nc(-c3cccc4c3oc3ccccc34)n2)c1)c1ccccc1)c1ccc(-c2ccc(-c3nc(-c4ccccc4)nc(-c4cccc5c4oc4ccccc45)n3)cc2)c2ccccc12. The molecule has 0 unspecified atom stereocenters. The van der Waals surface area contributed by atoms with Gasteiger partial charge >= 0.3 is 0 Å². The molecule has 15 aromatic carbocycles. The highest BCUT2D eigenvalue weighted by molar-refractivity contribution is 6.13. The third-order valence-electron chi connectivity index (χ3n) is 20.5. The summed E-state index contributed by atoms with van der Waals surface area (Å²) in [4.78, 5) is 31.3. The Bertz CT molecular complexity index is 6740. The smallest absolute Gasteiger partial charge is 0.167 e. The van der Waals surface area contributed by atoms with Gasteiger partial charge in [-0.05, 0) is 137 Å². The summed E-state index contributed by atoms with van der Waals surface area (Å²) in [5.74, 6) is 3.27. The first-order valence-corrected chi connectivity index (χ1v) is 35.9. The largest absolute Gasteiger partial charge is 0.455 e. The van der Waals surface area contributed by atoms with Crippen LogP contribution < -0.4 is 0 Å². The molecule has 107 heavy (non-hydrogen) atoms. The average Bonchev–Trinajstić information content (AvgIpc) is 1.72. The molecule has 0 fully saturated rings. The highest BCUT2D eigenvalue weighted by atomic mass is 16.3. The Balaban J connectivity index is 0.661. The fourth-order valence-electron chi connectivity index (χ4n) is 15.1. The molecule has 19 rings (SSSR count). The topological polar surface area (TPSA) is 104 Å². The van der Waals surface area contributed by atoms with Gasteiger partial charge < -0.3 is 8.83 Å². The van der Waals surface area contributed by atoms with Crippen LogP contribution in [0.25, 0.3) is 195 Å². The summed E-state index contributed by atoms with van der Waals surface area (Å²) in [7, 11) is 0. The summed E-state index contributed by atoms with van der Waals surface area (Å²) < 4.78 is 13.1. The molecule has 0 N–H and O–H groups in total. The van der Waals surface area contributed by atoms with Gasteiger partial charge in [-0.1, -0.05) is 334 Å². The Hall–Kier alpha value is -14.3. The van der Waals surface area contributed by atoms with Gasteiger partial charge in [-0.25, -0.2) is 29.9 Å². The molecular weight excluding hydrogens is 1310 g/mol. The summed E-state index contributed by atoms with van der Waals surface area (Å²) in [6.45, 7) is 6.70. The van der Waals surface area contributed by atoms with Crippen LogP contribution in [-0.4, -0.2) is 29.9 Å². The lowest BCUT2D eigenvalue weighted by Crippen LogP contribution is -2.00. The Morgan fingerprint density at radius 1 is 0.252 bits per heavy atom. The van der Waals surface area contributed by atoms with E-state index in [1.807, 2.05) is 97.1 Å². The van der Waals surface area contributed by atoms with E-state index in [9.17, 15) is 0 Å². The van der Waals surface area contributed by atoms with Crippen molar-refractivity contribution in [1.82, 2.24) is 29.9 Å². The number of benzene rings is 15. The zero-order chi connectivity index (χ0) is 71.3. The van der Waals surface area contributed by atoms with Crippen molar-refractivity contribution in [2.24, 2.45) is 0 Å². The van der Waals surface area contributed by atoms with Gasteiger partial charge in [0.15, 0.2) is 34.9 Å². The van der Waals surface area contributed by atoms with Gasteiger partial charge in [0.25, 0.3) is 0 Å². The molecule has 0 amide bonds. The monoisotopic (exact) mass is 1370 g/mol. The molecule has 0 radical (unpaired) electrons. The summed E-state index contributed by atoms with van der Waals surface area (Å²) in [6.07, 6.45) is 4.28. The van der Waals surface area contributed by atoms with E-state index in [0.717, 1.165) is 149 Å². The second-order valence-corrected chi connectivity index (χ2v) is 26.9. The molecule has 8 heteroatoms. The third-order valence-corrected chi connectivity index (χ3v) is 20.5. The summed E-state index contributed by atoms with van der Waals surface area (Å²) in [5, 5.41) is 8.74. The molecule has 0 bridgehead atoms. The van der Waals surface area contributed by atoms with E-state index < -0.39 is 0 Å². The fourth-order valence-corrected chi connectivity index (χ4v) is 15.1. The molecular formula is C99H64N6O2. The minimum absolute atomic E-state index is 0.511. The molecule has 8 nitrogen and oxygen atoms in total. The fraction of sp³-hybridized carbons (Fsp3) is 0.0101. The van der Waals surface area contributed by atoms with Crippen LogP contribution in [0.3, 0.4) is 0 Å². The lowest BCUT2D eigenvalue weighted by molar-refractivity contribution is 0.669. The summed E-state index contributed by atoms with van der Waals surface area (Å²) in [5.41, 5.74) is 23.4. The van der Waals surface area contributed by atoms with E-state index in [0.29, 0.717) is 34.9 Å². The highest BCUT2D eigenvalue weighted by Gasteiger charge is 2.23. The van der Waals surface area contributed by atoms with Gasteiger partial charge in [0.2, 0.25) is 0 Å². The van der Waals surface area contributed by atoms with Crippen LogP contribution in [0, 0.1) is 0 Å². The minimum Gasteiger partial charge on any atom is -0.455 e. The molecule has 4 heterocycles. The van der Waals surface area contributed by atoms with Crippen molar-refractivity contribution < 1.29 is 8.83 Å². The van der Waals surface area contributed by atoms with E-state index in [1.54, 1.807) is 0 Å². The number of aromatic nitrogens is 6. The first-order valence-electron chi connectivity index (χ1n) is 35.9. The number of hydrogen-bond acceptors (Lipinski definition) is 8. The summed E-state index contributed by atoms with van der Waals surface area (Å²) >= 11 is 0. The van der Waals surface area contributed by atoms with Gasteiger partial charge in [-0.15, -0.1) is 0 Å². The minimum atomic E-state index is 0.511. The van der Waals surface area contributed by atoms with Crippen molar-refractivity contribution in [2.45, 2.75) is 6.92 Å². The lowest BCUT2D eigenvalue weighted by Gasteiger charge is -2.17. The van der Waals surface area contributed by atoms with Gasteiger partial charge in [0, 0.05) is 43.8 Å². The van der Waals surface area contributed by atoms with Crippen molar-refractivity contribution in [3.63, 3.8) is 0 Å². The Kier molecular flexibility index (Phi) is 16.1. The lowest BCUT2D eigenvalue weighted by atomic mass is 9.87. The van der Waals surface area contributed by atoms with Gasteiger partial charge in [0.1, 0.15) is 22.3 Å².